The lowest BCUT2D eigenvalue weighted by molar-refractivity contribution is 0.486. The first-order valence-electron chi connectivity index (χ1n) is 6.08. The van der Waals surface area contributed by atoms with Gasteiger partial charge >= 0.3 is 10.1 Å². The summed E-state index contributed by atoms with van der Waals surface area (Å²) in [6.07, 6.45) is 1.41. The molecule has 0 atom stereocenters. The standard InChI is InChI=1S/C13H9BrN4O3S/c14-10-4-6-13(7-5-10)22(19,20)21-12-3-1-2-11(8-12)18-9-15-16-17-18/h1-9H. The molecule has 2 aromatic carbocycles. The van der Waals surface area contributed by atoms with Crippen LogP contribution in [0.4, 0.5) is 0 Å². The van der Waals surface area contributed by atoms with Crippen LogP contribution in [0.3, 0.4) is 0 Å². The maximum atomic E-state index is 12.2. The van der Waals surface area contributed by atoms with Crippen LogP contribution in [0.15, 0.2) is 64.2 Å². The highest BCUT2D eigenvalue weighted by Gasteiger charge is 2.16. The molecule has 0 radical (unpaired) electrons. The summed E-state index contributed by atoms with van der Waals surface area (Å²) in [5.74, 6) is 0.177. The molecule has 0 unspecified atom stereocenters. The molecule has 0 aliphatic heterocycles. The Morgan fingerprint density at radius 3 is 2.55 bits per heavy atom. The van der Waals surface area contributed by atoms with E-state index in [0.29, 0.717) is 5.69 Å². The molecule has 1 heterocycles. The van der Waals surface area contributed by atoms with Crippen molar-refractivity contribution in [2.24, 2.45) is 0 Å². The van der Waals surface area contributed by atoms with Gasteiger partial charge in [-0.1, -0.05) is 22.0 Å². The molecule has 0 saturated heterocycles. The number of hydrogen-bond donors (Lipinski definition) is 0. The molecule has 0 spiro atoms. The average molecular weight is 381 g/mol. The Balaban J connectivity index is 1.89. The van der Waals surface area contributed by atoms with E-state index in [1.165, 1.54) is 29.2 Å². The molecule has 112 valence electrons. The van der Waals surface area contributed by atoms with Gasteiger partial charge in [0.1, 0.15) is 17.0 Å². The maximum Gasteiger partial charge on any atom is 0.339 e. The van der Waals surface area contributed by atoms with Crippen molar-refractivity contribution < 1.29 is 12.6 Å². The quantitative estimate of drug-likeness (QED) is 0.644. The summed E-state index contributed by atoms with van der Waals surface area (Å²) >= 11 is 3.25. The second-order valence-corrected chi connectivity index (χ2v) is 6.71. The molecule has 0 bridgehead atoms. The van der Waals surface area contributed by atoms with Crippen molar-refractivity contribution in [1.82, 2.24) is 20.2 Å². The Morgan fingerprint density at radius 1 is 1.09 bits per heavy atom. The number of rotatable bonds is 4. The first-order valence-corrected chi connectivity index (χ1v) is 8.28. The molecule has 9 heteroatoms. The van der Waals surface area contributed by atoms with Crippen molar-refractivity contribution in [3.8, 4) is 11.4 Å². The molecule has 3 rings (SSSR count). The zero-order valence-electron chi connectivity index (χ0n) is 11.0. The number of hydrogen-bond acceptors (Lipinski definition) is 6. The number of nitrogens with zero attached hydrogens (tertiary/aromatic N) is 4. The molecule has 0 saturated carbocycles. The third-order valence-electron chi connectivity index (χ3n) is 2.74. The zero-order chi connectivity index (χ0) is 15.6. The van der Waals surface area contributed by atoms with E-state index in [1.807, 2.05) is 0 Å². The number of aromatic nitrogens is 4. The minimum Gasteiger partial charge on any atom is -0.379 e. The van der Waals surface area contributed by atoms with Crippen molar-refractivity contribution in [1.29, 1.82) is 0 Å². The largest absolute Gasteiger partial charge is 0.379 e. The van der Waals surface area contributed by atoms with Gasteiger partial charge in [-0.25, -0.2) is 4.68 Å². The van der Waals surface area contributed by atoms with Crippen LogP contribution in [0.1, 0.15) is 0 Å². The summed E-state index contributed by atoms with van der Waals surface area (Å²) < 4.78 is 31.8. The topological polar surface area (TPSA) is 87.0 Å². The van der Waals surface area contributed by atoms with Crippen LogP contribution in [-0.2, 0) is 10.1 Å². The molecule has 0 N–H and O–H groups in total. The summed E-state index contributed by atoms with van der Waals surface area (Å²) in [6.45, 7) is 0. The van der Waals surface area contributed by atoms with Gasteiger partial charge in [0.05, 0.1) is 5.69 Å². The Labute approximate surface area is 134 Å². The van der Waals surface area contributed by atoms with Crippen molar-refractivity contribution in [2.75, 3.05) is 0 Å². The molecule has 1 aromatic heterocycles. The highest BCUT2D eigenvalue weighted by atomic mass is 79.9. The van der Waals surface area contributed by atoms with E-state index in [-0.39, 0.29) is 10.6 Å². The van der Waals surface area contributed by atoms with Gasteiger partial charge in [0, 0.05) is 10.5 Å². The van der Waals surface area contributed by atoms with Gasteiger partial charge in [-0.3, -0.25) is 0 Å². The van der Waals surface area contributed by atoms with Crippen LogP contribution in [0.5, 0.6) is 5.75 Å². The summed E-state index contributed by atoms with van der Waals surface area (Å²) in [5.41, 5.74) is 0.591. The first-order chi connectivity index (χ1) is 10.5. The van der Waals surface area contributed by atoms with Crippen molar-refractivity contribution in [3.05, 3.63) is 59.3 Å². The number of halogens is 1. The predicted molar refractivity (Wildman–Crippen MR) is 81.1 cm³/mol. The van der Waals surface area contributed by atoms with Crippen molar-refractivity contribution >= 4 is 26.0 Å². The average Bonchev–Trinajstić information content (AvgIpc) is 3.02. The smallest absolute Gasteiger partial charge is 0.339 e. The van der Waals surface area contributed by atoms with E-state index in [2.05, 4.69) is 31.5 Å². The molecule has 0 amide bonds. The summed E-state index contributed by atoms with van der Waals surface area (Å²) in [5, 5.41) is 10.8. The molecule has 0 aliphatic rings. The fourth-order valence-corrected chi connectivity index (χ4v) is 2.92. The highest BCUT2D eigenvalue weighted by Crippen LogP contribution is 2.22. The predicted octanol–water partition coefficient (Wildman–Crippen LogP) is 2.19. The molecule has 0 fully saturated rings. The van der Waals surface area contributed by atoms with Gasteiger partial charge in [-0.15, -0.1) is 5.10 Å². The van der Waals surface area contributed by atoms with E-state index in [4.69, 9.17) is 4.18 Å². The van der Waals surface area contributed by atoms with Crippen molar-refractivity contribution in [3.63, 3.8) is 0 Å². The van der Waals surface area contributed by atoms with Crippen LogP contribution in [0, 0.1) is 0 Å². The van der Waals surface area contributed by atoms with E-state index in [0.717, 1.165) is 4.47 Å². The second kappa shape index (κ2) is 5.85. The second-order valence-electron chi connectivity index (χ2n) is 4.24. The van der Waals surface area contributed by atoms with Gasteiger partial charge < -0.3 is 4.18 Å². The maximum absolute atomic E-state index is 12.2. The Morgan fingerprint density at radius 2 is 1.86 bits per heavy atom. The van der Waals surface area contributed by atoms with E-state index in [1.54, 1.807) is 30.3 Å². The van der Waals surface area contributed by atoms with Gasteiger partial charge in [-0.05, 0) is 46.8 Å². The molecular formula is C13H9BrN4O3S. The lowest BCUT2D eigenvalue weighted by Gasteiger charge is -2.08. The molecular weight excluding hydrogens is 372 g/mol. The minimum absolute atomic E-state index is 0.0727. The normalized spacial score (nSPS) is 11.3. The SMILES string of the molecule is O=S(=O)(Oc1cccc(-n2cnnn2)c1)c1ccc(Br)cc1. The van der Waals surface area contributed by atoms with Gasteiger partial charge in [0.15, 0.2) is 0 Å². The van der Waals surface area contributed by atoms with E-state index in [9.17, 15) is 8.42 Å². The van der Waals surface area contributed by atoms with Gasteiger partial charge in [-0.2, -0.15) is 8.42 Å². The molecule has 0 aliphatic carbocycles. The third-order valence-corrected chi connectivity index (χ3v) is 4.53. The molecule has 7 nitrogen and oxygen atoms in total. The van der Waals surface area contributed by atoms with Crippen LogP contribution in [-0.4, -0.2) is 28.6 Å². The highest BCUT2D eigenvalue weighted by molar-refractivity contribution is 9.10. The summed E-state index contributed by atoms with van der Waals surface area (Å²) in [6, 6.07) is 12.7. The van der Waals surface area contributed by atoms with E-state index < -0.39 is 10.1 Å². The van der Waals surface area contributed by atoms with Crippen LogP contribution in [0.2, 0.25) is 0 Å². The van der Waals surface area contributed by atoms with Crippen LogP contribution < -0.4 is 4.18 Å². The summed E-state index contributed by atoms with van der Waals surface area (Å²) in [4.78, 5) is 0.0727. The Kier molecular flexibility index (Phi) is 3.90. The van der Waals surface area contributed by atoms with E-state index >= 15 is 0 Å². The Hall–Kier alpha value is -2.26. The lowest BCUT2D eigenvalue weighted by Crippen LogP contribution is -2.10. The summed E-state index contributed by atoms with van der Waals surface area (Å²) in [7, 11) is -3.90. The monoisotopic (exact) mass is 380 g/mol. The number of benzene rings is 2. The number of tetrazole rings is 1. The third kappa shape index (κ3) is 3.15. The lowest BCUT2D eigenvalue weighted by atomic mass is 10.3. The minimum atomic E-state index is -3.90. The van der Waals surface area contributed by atoms with Crippen molar-refractivity contribution in [2.45, 2.75) is 4.90 Å². The molecule has 22 heavy (non-hydrogen) atoms. The first kappa shape index (κ1) is 14.7. The molecule has 3 aromatic rings. The fourth-order valence-electron chi connectivity index (χ4n) is 1.73. The van der Waals surface area contributed by atoms with Crippen LogP contribution in [0.25, 0.3) is 5.69 Å². The van der Waals surface area contributed by atoms with Gasteiger partial charge in [0.2, 0.25) is 0 Å². The fraction of sp³-hybridized carbons (Fsp3) is 0. The van der Waals surface area contributed by atoms with Crippen LogP contribution >= 0.6 is 15.9 Å². The van der Waals surface area contributed by atoms with Gasteiger partial charge in [0.25, 0.3) is 0 Å². The Bertz CT molecular complexity index is 880. The zero-order valence-corrected chi connectivity index (χ0v) is 13.4.